The summed E-state index contributed by atoms with van der Waals surface area (Å²) in [6, 6.07) is 26.6. The highest BCUT2D eigenvalue weighted by molar-refractivity contribution is 5.92. The van der Waals surface area contributed by atoms with Gasteiger partial charge in [0.05, 0.1) is 11.9 Å². The second kappa shape index (κ2) is 9.32. The van der Waals surface area contributed by atoms with Crippen LogP contribution in [0.15, 0.2) is 82.2 Å². The first-order valence-corrected chi connectivity index (χ1v) is 10.6. The molecular formula is C27H25N3O. The largest absolute Gasteiger partial charge is 0.460 e. The van der Waals surface area contributed by atoms with Crippen molar-refractivity contribution in [2.75, 3.05) is 0 Å². The second-order valence-electron chi connectivity index (χ2n) is 7.48. The van der Waals surface area contributed by atoms with Gasteiger partial charge in [-0.05, 0) is 36.6 Å². The lowest BCUT2D eigenvalue weighted by Gasteiger charge is -2.13. The molecule has 0 aliphatic heterocycles. The standard InChI is InChI=1S/C27H25N3O/c1-3-4-17-30-26(22-13-9-6-10-14-22)25(21-11-7-5-8-12-21)24(18-28)27(30)29-19-23-16-15-20(2)31-23/h5-16,19H,3-4,17H2,1-2H3. The van der Waals surface area contributed by atoms with Crippen LogP contribution in [0.2, 0.25) is 0 Å². The van der Waals surface area contributed by atoms with Gasteiger partial charge in [0.15, 0.2) is 5.82 Å². The Labute approximate surface area is 183 Å². The zero-order valence-corrected chi connectivity index (χ0v) is 17.9. The monoisotopic (exact) mass is 407 g/mol. The molecule has 0 saturated heterocycles. The van der Waals surface area contributed by atoms with Crippen LogP contribution >= 0.6 is 0 Å². The zero-order valence-electron chi connectivity index (χ0n) is 17.9. The Bertz CT molecular complexity index is 1220. The summed E-state index contributed by atoms with van der Waals surface area (Å²) < 4.78 is 7.85. The van der Waals surface area contributed by atoms with E-state index in [1.54, 1.807) is 6.21 Å². The maximum Gasteiger partial charge on any atom is 0.151 e. The van der Waals surface area contributed by atoms with E-state index in [1.165, 1.54) is 0 Å². The summed E-state index contributed by atoms with van der Waals surface area (Å²) >= 11 is 0. The third-order valence-electron chi connectivity index (χ3n) is 5.27. The SMILES string of the molecule is CCCCn1c(N=Cc2ccc(C)o2)c(C#N)c(-c2ccccc2)c1-c1ccccc1. The molecule has 0 spiro atoms. The second-order valence-corrected chi connectivity index (χ2v) is 7.48. The van der Waals surface area contributed by atoms with E-state index < -0.39 is 0 Å². The van der Waals surface area contributed by atoms with Crippen LogP contribution in [-0.2, 0) is 6.54 Å². The Morgan fingerprint density at radius 3 is 2.23 bits per heavy atom. The lowest BCUT2D eigenvalue weighted by molar-refractivity contribution is 0.528. The van der Waals surface area contributed by atoms with Crippen molar-refractivity contribution in [2.45, 2.75) is 33.2 Å². The van der Waals surface area contributed by atoms with Crippen molar-refractivity contribution in [2.24, 2.45) is 4.99 Å². The molecule has 2 heterocycles. The van der Waals surface area contributed by atoms with E-state index in [2.05, 4.69) is 41.8 Å². The van der Waals surface area contributed by atoms with Crippen LogP contribution in [0.3, 0.4) is 0 Å². The van der Waals surface area contributed by atoms with Crippen molar-refractivity contribution in [3.63, 3.8) is 0 Å². The summed E-state index contributed by atoms with van der Waals surface area (Å²) in [6.07, 6.45) is 3.75. The Balaban J connectivity index is 2.00. The Morgan fingerprint density at radius 1 is 0.968 bits per heavy atom. The van der Waals surface area contributed by atoms with Crippen molar-refractivity contribution >= 4 is 12.0 Å². The van der Waals surface area contributed by atoms with Crippen molar-refractivity contribution in [1.29, 1.82) is 5.26 Å². The molecule has 0 saturated carbocycles. The molecule has 2 aromatic carbocycles. The van der Waals surface area contributed by atoms with E-state index in [0.29, 0.717) is 17.1 Å². The molecule has 154 valence electrons. The van der Waals surface area contributed by atoms with Crippen LogP contribution in [0.1, 0.15) is 36.8 Å². The van der Waals surface area contributed by atoms with Gasteiger partial charge in [0, 0.05) is 12.1 Å². The van der Waals surface area contributed by atoms with E-state index in [4.69, 9.17) is 9.41 Å². The summed E-state index contributed by atoms with van der Waals surface area (Å²) in [6.45, 7) is 4.86. The number of aromatic nitrogens is 1. The minimum absolute atomic E-state index is 0.584. The topological polar surface area (TPSA) is 54.2 Å². The lowest BCUT2D eigenvalue weighted by Crippen LogP contribution is -2.00. The van der Waals surface area contributed by atoms with Gasteiger partial charge in [-0.25, -0.2) is 4.99 Å². The van der Waals surface area contributed by atoms with Crippen molar-refractivity contribution in [1.82, 2.24) is 4.57 Å². The van der Waals surface area contributed by atoms with Crippen LogP contribution in [-0.4, -0.2) is 10.8 Å². The summed E-state index contributed by atoms with van der Waals surface area (Å²) in [4.78, 5) is 4.77. The zero-order chi connectivity index (χ0) is 21.6. The molecule has 4 aromatic rings. The summed E-state index contributed by atoms with van der Waals surface area (Å²) in [5.74, 6) is 2.17. The van der Waals surface area contributed by atoms with Crippen LogP contribution in [0, 0.1) is 18.3 Å². The average Bonchev–Trinajstić information content (AvgIpc) is 3.37. The number of rotatable bonds is 7. The van der Waals surface area contributed by atoms with Gasteiger partial charge < -0.3 is 8.98 Å². The number of hydrogen-bond acceptors (Lipinski definition) is 3. The highest BCUT2D eigenvalue weighted by atomic mass is 16.3. The van der Waals surface area contributed by atoms with E-state index in [-0.39, 0.29) is 0 Å². The minimum Gasteiger partial charge on any atom is -0.460 e. The molecule has 4 heteroatoms. The molecule has 31 heavy (non-hydrogen) atoms. The molecule has 4 nitrogen and oxygen atoms in total. The summed E-state index contributed by atoms with van der Waals surface area (Å²) in [7, 11) is 0. The first-order valence-electron chi connectivity index (χ1n) is 10.6. The van der Waals surface area contributed by atoms with E-state index in [9.17, 15) is 5.26 Å². The molecule has 0 atom stereocenters. The van der Waals surface area contributed by atoms with E-state index in [0.717, 1.165) is 47.5 Å². The van der Waals surface area contributed by atoms with Gasteiger partial charge in [-0.3, -0.25) is 0 Å². The highest BCUT2D eigenvalue weighted by Crippen LogP contribution is 2.42. The minimum atomic E-state index is 0.584. The predicted molar refractivity (Wildman–Crippen MR) is 126 cm³/mol. The molecule has 0 N–H and O–H groups in total. The molecule has 0 fully saturated rings. The molecule has 0 amide bonds. The quantitative estimate of drug-likeness (QED) is 0.306. The third-order valence-corrected chi connectivity index (χ3v) is 5.27. The Hall–Kier alpha value is -3.84. The van der Waals surface area contributed by atoms with Crippen LogP contribution in [0.4, 0.5) is 5.82 Å². The summed E-state index contributed by atoms with van der Waals surface area (Å²) in [5.41, 5.74) is 4.62. The molecule has 4 rings (SSSR count). The van der Waals surface area contributed by atoms with Crippen molar-refractivity contribution in [3.05, 3.63) is 89.9 Å². The van der Waals surface area contributed by atoms with Gasteiger partial charge in [-0.15, -0.1) is 0 Å². The predicted octanol–water partition coefficient (Wildman–Crippen LogP) is 7.15. The van der Waals surface area contributed by atoms with E-state index in [1.807, 2.05) is 55.5 Å². The van der Waals surface area contributed by atoms with Gasteiger partial charge in [-0.2, -0.15) is 5.26 Å². The van der Waals surface area contributed by atoms with Crippen LogP contribution in [0.5, 0.6) is 0 Å². The van der Waals surface area contributed by atoms with Gasteiger partial charge in [0.25, 0.3) is 0 Å². The average molecular weight is 408 g/mol. The highest BCUT2D eigenvalue weighted by Gasteiger charge is 2.24. The Morgan fingerprint density at radius 2 is 1.65 bits per heavy atom. The van der Waals surface area contributed by atoms with E-state index >= 15 is 0 Å². The molecule has 0 bridgehead atoms. The fourth-order valence-corrected chi connectivity index (χ4v) is 3.81. The van der Waals surface area contributed by atoms with Gasteiger partial charge in [0.1, 0.15) is 23.2 Å². The molecule has 0 aliphatic rings. The molecule has 0 unspecified atom stereocenters. The number of aryl methyl sites for hydroxylation is 1. The fourth-order valence-electron chi connectivity index (χ4n) is 3.81. The first kappa shape index (κ1) is 20.4. The van der Waals surface area contributed by atoms with Gasteiger partial charge >= 0.3 is 0 Å². The number of nitrogens with zero attached hydrogens (tertiary/aromatic N) is 3. The first-order chi connectivity index (χ1) is 15.2. The molecule has 0 radical (unpaired) electrons. The molecule has 2 aromatic heterocycles. The van der Waals surface area contributed by atoms with Crippen LogP contribution < -0.4 is 0 Å². The van der Waals surface area contributed by atoms with Gasteiger partial charge in [-0.1, -0.05) is 74.0 Å². The lowest BCUT2D eigenvalue weighted by atomic mass is 9.98. The molecule has 0 aliphatic carbocycles. The molecular weight excluding hydrogens is 382 g/mol. The third kappa shape index (κ3) is 4.22. The number of hydrogen-bond donors (Lipinski definition) is 0. The Kier molecular flexibility index (Phi) is 6.14. The van der Waals surface area contributed by atoms with Gasteiger partial charge in [0.2, 0.25) is 0 Å². The smallest absolute Gasteiger partial charge is 0.151 e. The van der Waals surface area contributed by atoms with Crippen molar-refractivity contribution in [3.8, 4) is 28.5 Å². The van der Waals surface area contributed by atoms with Crippen LogP contribution in [0.25, 0.3) is 22.4 Å². The number of nitriles is 1. The number of furan rings is 1. The van der Waals surface area contributed by atoms with Crippen molar-refractivity contribution < 1.29 is 4.42 Å². The number of aliphatic imine (C=N–C) groups is 1. The number of benzene rings is 2. The maximum absolute atomic E-state index is 10.2. The number of unbranched alkanes of at least 4 members (excludes halogenated alkanes) is 1. The fraction of sp³-hybridized carbons (Fsp3) is 0.185. The maximum atomic E-state index is 10.2. The summed E-state index contributed by atoms with van der Waals surface area (Å²) in [5, 5.41) is 10.2. The normalized spacial score (nSPS) is 11.1.